The Morgan fingerprint density at radius 2 is 1.96 bits per heavy atom. The smallest absolute Gasteiger partial charge is 0.191 e. The topological polar surface area (TPSA) is 39.7 Å². The summed E-state index contributed by atoms with van der Waals surface area (Å²) < 4.78 is 0. The average molecular weight is 375 g/mol. The molecule has 0 atom stereocenters. The molecule has 0 fully saturated rings. The van der Waals surface area contributed by atoms with Crippen molar-refractivity contribution in [3.05, 3.63) is 58.6 Å². The van der Waals surface area contributed by atoms with Crippen LogP contribution in [0.2, 0.25) is 5.02 Å². The Kier molecular flexibility index (Phi) is 7.22. The summed E-state index contributed by atoms with van der Waals surface area (Å²) in [5, 5.41) is 8.21. The summed E-state index contributed by atoms with van der Waals surface area (Å²) in [5.74, 6) is 0. The van der Waals surface area contributed by atoms with Crippen LogP contribution in [0.25, 0.3) is 0 Å². The van der Waals surface area contributed by atoms with Crippen molar-refractivity contribution in [1.29, 1.82) is 0 Å². The summed E-state index contributed by atoms with van der Waals surface area (Å²) in [7, 11) is 2.09. The van der Waals surface area contributed by atoms with Gasteiger partial charge in [0.2, 0.25) is 0 Å². The largest absolute Gasteiger partial charge is 0.375 e. The van der Waals surface area contributed by atoms with Crippen LogP contribution in [0.3, 0.4) is 0 Å². The van der Waals surface area contributed by atoms with Crippen molar-refractivity contribution in [2.75, 3.05) is 23.8 Å². The first-order valence-corrected chi connectivity index (χ1v) is 8.95. The van der Waals surface area contributed by atoms with Gasteiger partial charge in [-0.3, -0.25) is 5.43 Å². The number of aryl methyl sites for hydroxylation is 1. The van der Waals surface area contributed by atoms with Crippen molar-refractivity contribution < 1.29 is 0 Å². The lowest BCUT2D eigenvalue weighted by atomic mass is 10.2. The molecule has 0 amide bonds. The van der Waals surface area contributed by atoms with Crippen LogP contribution in [0.15, 0.2) is 47.6 Å². The molecule has 25 heavy (non-hydrogen) atoms. The average Bonchev–Trinajstić information content (AvgIpc) is 2.58. The Hall–Kier alpha value is -2.11. The van der Waals surface area contributed by atoms with Crippen molar-refractivity contribution in [1.82, 2.24) is 5.43 Å². The normalized spacial score (nSPS) is 10.7. The van der Waals surface area contributed by atoms with Crippen LogP contribution in [0.5, 0.6) is 0 Å². The molecule has 0 aliphatic carbocycles. The number of anilines is 2. The van der Waals surface area contributed by atoms with E-state index in [9.17, 15) is 0 Å². The van der Waals surface area contributed by atoms with Gasteiger partial charge in [0.15, 0.2) is 5.11 Å². The van der Waals surface area contributed by atoms with E-state index < -0.39 is 0 Å². The minimum atomic E-state index is 0.390. The van der Waals surface area contributed by atoms with Crippen molar-refractivity contribution >= 4 is 46.5 Å². The molecule has 0 saturated heterocycles. The Bertz CT molecular complexity index is 744. The fourth-order valence-electron chi connectivity index (χ4n) is 2.32. The first-order chi connectivity index (χ1) is 12.0. The Labute approximate surface area is 159 Å². The number of thiocarbonyl (C=S) groups is 1. The molecule has 0 saturated carbocycles. The Balaban J connectivity index is 1.88. The summed E-state index contributed by atoms with van der Waals surface area (Å²) in [4.78, 5) is 2.23. The number of hydrogen-bond acceptors (Lipinski definition) is 3. The summed E-state index contributed by atoms with van der Waals surface area (Å²) in [6.45, 7) is 5.20. The second-order valence-corrected chi connectivity index (χ2v) is 6.64. The quantitative estimate of drug-likeness (QED) is 0.432. The van der Waals surface area contributed by atoms with Gasteiger partial charge in [0.05, 0.1) is 16.9 Å². The van der Waals surface area contributed by atoms with E-state index in [1.165, 1.54) is 5.69 Å². The third-order valence-corrected chi connectivity index (χ3v) is 4.15. The summed E-state index contributed by atoms with van der Waals surface area (Å²) in [5.41, 5.74) is 6.84. The van der Waals surface area contributed by atoms with Gasteiger partial charge in [0.25, 0.3) is 0 Å². The zero-order valence-electron chi connectivity index (χ0n) is 14.7. The molecule has 2 aromatic rings. The molecule has 0 bridgehead atoms. The number of nitrogens with zero attached hydrogens (tertiary/aromatic N) is 2. The molecule has 132 valence electrons. The Morgan fingerprint density at radius 1 is 1.24 bits per heavy atom. The highest BCUT2D eigenvalue weighted by Gasteiger charge is 2.02. The molecule has 0 unspecified atom stereocenters. The molecule has 2 aromatic carbocycles. The summed E-state index contributed by atoms with van der Waals surface area (Å²) in [6, 6.07) is 14.0. The van der Waals surface area contributed by atoms with E-state index in [0.717, 1.165) is 29.8 Å². The maximum Gasteiger partial charge on any atom is 0.191 e. The van der Waals surface area contributed by atoms with E-state index in [1.54, 1.807) is 6.21 Å². The molecule has 6 heteroatoms. The fourth-order valence-corrected chi connectivity index (χ4v) is 2.76. The van der Waals surface area contributed by atoms with Crippen LogP contribution < -0.4 is 15.6 Å². The monoisotopic (exact) mass is 374 g/mol. The summed E-state index contributed by atoms with van der Waals surface area (Å²) in [6.07, 6.45) is 2.85. The minimum absolute atomic E-state index is 0.390. The number of hydrazone groups is 1. The molecule has 2 N–H and O–H groups in total. The van der Waals surface area contributed by atoms with E-state index in [4.69, 9.17) is 23.8 Å². The lowest BCUT2D eigenvalue weighted by Crippen LogP contribution is -2.24. The third kappa shape index (κ3) is 6.03. The van der Waals surface area contributed by atoms with Gasteiger partial charge >= 0.3 is 0 Å². The van der Waals surface area contributed by atoms with Gasteiger partial charge in [0, 0.05) is 19.3 Å². The SMILES string of the molecule is CCCN(C)c1ccc(/C=N/NC(=S)Nc2ccc(C)cc2Cl)cc1. The van der Waals surface area contributed by atoms with E-state index in [2.05, 4.69) is 46.8 Å². The zero-order valence-corrected chi connectivity index (χ0v) is 16.3. The summed E-state index contributed by atoms with van der Waals surface area (Å²) >= 11 is 11.4. The van der Waals surface area contributed by atoms with Crippen LogP contribution in [0, 0.1) is 6.92 Å². The van der Waals surface area contributed by atoms with Gasteiger partial charge in [0.1, 0.15) is 0 Å². The predicted molar refractivity (Wildman–Crippen MR) is 113 cm³/mol. The van der Waals surface area contributed by atoms with E-state index in [0.29, 0.717) is 10.1 Å². The van der Waals surface area contributed by atoms with Crippen LogP contribution in [-0.2, 0) is 0 Å². The van der Waals surface area contributed by atoms with Gasteiger partial charge in [-0.25, -0.2) is 0 Å². The van der Waals surface area contributed by atoms with E-state index >= 15 is 0 Å². The number of rotatable bonds is 6. The number of halogens is 1. The maximum atomic E-state index is 6.17. The van der Waals surface area contributed by atoms with Crippen LogP contribution in [0.4, 0.5) is 11.4 Å². The highest BCUT2D eigenvalue weighted by Crippen LogP contribution is 2.22. The molecule has 2 rings (SSSR count). The molecule has 0 radical (unpaired) electrons. The van der Waals surface area contributed by atoms with Gasteiger partial charge < -0.3 is 10.2 Å². The van der Waals surface area contributed by atoms with E-state index in [1.807, 2.05) is 37.3 Å². The molecule has 0 spiro atoms. The predicted octanol–water partition coefficient (Wildman–Crippen LogP) is 4.82. The van der Waals surface area contributed by atoms with Crippen molar-refractivity contribution in [2.45, 2.75) is 20.3 Å². The molecular weight excluding hydrogens is 352 g/mol. The molecular formula is C19H23ClN4S. The number of nitrogens with one attached hydrogen (secondary N) is 2. The van der Waals surface area contributed by atoms with Gasteiger partial charge in [-0.15, -0.1) is 0 Å². The van der Waals surface area contributed by atoms with E-state index in [-0.39, 0.29) is 0 Å². The minimum Gasteiger partial charge on any atom is -0.375 e. The third-order valence-electron chi connectivity index (χ3n) is 3.65. The Morgan fingerprint density at radius 3 is 2.60 bits per heavy atom. The van der Waals surface area contributed by atoms with Crippen molar-refractivity contribution in [3.8, 4) is 0 Å². The fraction of sp³-hybridized carbons (Fsp3) is 0.263. The molecule has 0 aliphatic rings. The first-order valence-electron chi connectivity index (χ1n) is 8.17. The maximum absolute atomic E-state index is 6.17. The van der Waals surface area contributed by atoms with Crippen LogP contribution in [-0.4, -0.2) is 24.9 Å². The first kappa shape index (κ1) is 19.2. The molecule has 4 nitrogen and oxygen atoms in total. The van der Waals surface area contributed by atoms with Gasteiger partial charge in [-0.1, -0.05) is 36.7 Å². The lowest BCUT2D eigenvalue weighted by molar-refractivity contribution is 0.852. The van der Waals surface area contributed by atoms with Crippen molar-refractivity contribution in [2.24, 2.45) is 5.10 Å². The van der Waals surface area contributed by atoms with Crippen molar-refractivity contribution in [3.63, 3.8) is 0 Å². The number of hydrogen-bond donors (Lipinski definition) is 2. The second-order valence-electron chi connectivity index (χ2n) is 5.82. The van der Waals surface area contributed by atoms with Crippen LogP contribution in [0.1, 0.15) is 24.5 Å². The zero-order chi connectivity index (χ0) is 18.2. The van der Waals surface area contributed by atoms with Crippen LogP contribution >= 0.6 is 23.8 Å². The number of benzene rings is 2. The molecule has 0 aromatic heterocycles. The highest BCUT2D eigenvalue weighted by atomic mass is 35.5. The molecule has 0 heterocycles. The lowest BCUT2D eigenvalue weighted by Gasteiger charge is -2.18. The standard InChI is InChI=1S/C19H23ClN4S/c1-4-11-24(3)16-8-6-15(7-9-16)13-21-23-19(25)22-18-10-5-14(2)12-17(18)20/h5-10,12-13H,4,11H2,1-3H3,(H2,22,23,25)/b21-13+. The van der Waals surface area contributed by atoms with Gasteiger partial charge in [-0.2, -0.15) is 5.10 Å². The highest BCUT2D eigenvalue weighted by molar-refractivity contribution is 7.80. The second kappa shape index (κ2) is 9.39. The molecule has 0 aliphatic heterocycles. The van der Waals surface area contributed by atoms with Gasteiger partial charge in [-0.05, 0) is 61.0 Å².